The first-order valence-electron chi connectivity index (χ1n) is 4.41. The van der Waals surface area contributed by atoms with Crippen molar-refractivity contribution >= 4 is 0 Å². The average Bonchev–Trinajstić information content (AvgIpc) is 2.58. The second-order valence-corrected chi connectivity index (χ2v) is 4.24. The normalized spacial score (nSPS) is 49.1. The lowest BCUT2D eigenvalue weighted by molar-refractivity contribution is -0.00875. The third kappa shape index (κ3) is 1.18. The van der Waals surface area contributed by atoms with Crippen LogP contribution >= 0.6 is 0 Å². The van der Waals surface area contributed by atoms with Gasteiger partial charge in [0.2, 0.25) is 0 Å². The molecule has 2 aliphatic heterocycles. The molecule has 3 atom stereocenters. The van der Waals surface area contributed by atoms with Gasteiger partial charge in [0, 0.05) is 6.42 Å². The molecule has 0 aromatic carbocycles. The highest BCUT2D eigenvalue weighted by molar-refractivity contribution is 5.03. The maximum atomic E-state index is 5.63. The van der Waals surface area contributed by atoms with Crippen molar-refractivity contribution < 1.29 is 9.47 Å². The van der Waals surface area contributed by atoms with E-state index in [0.29, 0.717) is 18.1 Å². The Hall–Kier alpha value is -0.0800. The molecule has 2 saturated heterocycles. The van der Waals surface area contributed by atoms with Crippen LogP contribution < -0.4 is 0 Å². The van der Waals surface area contributed by atoms with Gasteiger partial charge >= 0.3 is 0 Å². The standard InChI is InChI=1S/C9H16O2/c1-6(2)7-4-9(3)8(11-9)5-10-7/h6-8H,4-5H2,1-3H3. The number of hydrogen-bond acceptors (Lipinski definition) is 2. The second-order valence-electron chi connectivity index (χ2n) is 4.24. The molecule has 11 heavy (non-hydrogen) atoms. The third-order valence-electron chi connectivity index (χ3n) is 2.85. The fraction of sp³-hybridized carbons (Fsp3) is 1.00. The molecule has 2 heteroatoms. The van der Waals surface area contributed by atoms with Gasteiger partial charge in [0.05, 0.1) is 18.3 Å². The number of epoxide rings is 1. The zero-order chi connectivity index (χ0) is 8.06. The van der Waals surface area contributed by atoms with E-state index < -0.39 is 0 Å². The third-order valence-corrected chi connectivity index (χ3v) is 2.85. The second kappa shape index (κ2) is 2.20. The molecular formula is C9H16O2. The van der Waals surface area contributed by atoms with E-state index in [9.17, 15) is 0 Å². The Kier molecular flexibility index (Phi) is 1.52. The fourth-order valence-electron chi connectivity index (χ4n) is 1.78. The van der Waals surface area contributed by atoms with Crippen LogP contribution in [0.2, 0.25) is 0 Å². The molecule has 2 fully saturated rings. The molecule has 0 bridgehead atoms. The molecule has 0 N–H and O–H groups in total. The first-order valence-corrected chi connectivity index (χ1v) is 4.41. The zero-order valence-electron chi connectivity index (χ0n) is 7.46. The summed E-state index contributed by atoms with van der Waals surface area (Å²) in [6, 6.07) is 0. The van der Waals surface area contributed by atoms with E-state index in [1.807, 2.05) is 0 Å². The molecule has 0 amide bonds. The number of fused-ring (bicyclic) bond motifs is 1. The van der Waals surface area contributed by atoms with Gasteiger partial charge in [-0.25, -0.2) is 0 Å². The molecule has 2 aliphatic rings. The van der Waals surface area contributed by atoms with Gasteiger partial charge in [-0.1, -0.05) is 13.8 Å². The maximum Gasteiger partial charge on any atom is 0.110 e. The van der Waals surface area contributed by atoms with E-state index >= 15 is 0 Å². The summed E-state index contributed by atoms with van der Waals surface area (Å²) in [6.07, 6.45) is 1.89. The molecule has 2 rings (SSSR count). The summed E-state index contributed by atoms with van der Waals surface area (Å²) in [5.41, 5.74) is 0.174. The van der Waals surface area contributed by atoms with Crippen molar-refractivity contribution in [1.29, 1.82) is 0 Å². The highest BCUT2D eigenvalue weighted by atomic mass is 16.6. The Morgan fingerprint density at radius 1 is 1.45 bits per heavy atom. The van der Waals surface area contributed by atoms with Crippen LogP contribution in [-0.4, -0.2) is 24.4 Å². The molecule has 0 radical (unpaired) electrons. The summed E-state index contributed by atoms with van der Waals surface area (Å²) < 4.78 is 11.2. The molecule has 0 aromatic heterocycles. The van der Waals surface area contributed by atoms with E-state index in [-0.39, 0.29) is 5.60 Å². The Labute approximate surface area is 67.9 Å². The van der Waals surface area contributed by atoms with Crippen molar-refractivity contribution in [2.24, 2.45) is 5.92 Å². The van der Waals surface area contributed by atoms with Crippen LogP contribution in [0.4, 0.5) is 0 Å². The minimum atomic E-state index is 0.174. The van der Waals surface area contributed by atoms with Crippen molar-refractivity contribution in [2.45, 2.75) is 45.0 Å². The summed E-state index contributed by atoms with van der Waals surface area (Å²) in [5, 5.41) is 0. The lowest BCUT2D eigenvalue weighted by atomic mass is 9.91. The number of hydrogen-bond donors (Lipinski definition) is 0. The van der Waals surface area contributed by atoms with Crippen LogP contribution in [0, 0.1) is 5.92 Å². The molecule has 2 heterocycles. The van der Waals surface area contributed by atoms with Crippen LogP contribution in [0.25, 0.3) is 0 Å². The van der Waals surface area contributed by atoms with Gasteiger partial charge in [-0.15, -0.1) is 0 Å². The van der Waals surface area contributed by atoms with E-state index in [2.05, 4.69) is 20.8 Å². The lowest BCUT2D eigenvalue weighted by Gasteiger charge is -2.26. The van der Waals surface area contributed by atoms with Crippen molar-refractivity contribution in [1.82, 2.24) is 0 Å². The number of ether oxygens (including phenoxy) is 2. The monoisotopic (exact) mass is 156 g/mol. The van der Waals surface area contributed by atoms with Crippen molar-refractivity contribution in [3.63, 3.8) is 0 Å². The first kappa shape index (κ1) is 7.56. The summed E-state index contributed by atoms with van der Waals surface area (Å²) in [6.45, 7) is 7.41. The molecule has 64 valence electrons. The van der Waals surface area contributed by atoms with E-state index in [1.54, 1.807) is 0 Å². The minimum absolute atomic E-state index is 0.174. The maximum absolute atomic E-state index is 5.63. The topological polar surface area (TPSA) is 21.8 Å². The van der Waals surface area contributed by atoms with Gasteiger partial charge in [-0.3, -0.25) is 0 Å². The molecule has 0 aromatic rings. The van der Waals surface area contributed by atoms with Gasteiger partial charge in [-0.2, -0.15) is 0 Å². The van der Waals surface area contributed by atoms with Crippen molar-refractivity contribution in [3.8, 4) is 0 Å². The SMILES string of the molecule is CC(C)C1CC2(C)OC2CO1. The smallest absolute Gasteiger partial charge is 0.110 e. The quantitative estimate of drug-likeness (QED) is 0.538. The van der Waals surface area contributed by atoms with Crippen LogP contribution in [0.3, 0.4) is 0 Å². The molecule has 0 spiro atoms. The Bertz CT molecular complexity index is 167. The lowest BCUT2D eigenvalue weighted by Crippen LogP contribution is -2.34. The van der Waals surface area contributed by atoms with Crippen LogP contribution in [0.15, 0.2) is 0 Å². The Morgan fingerprint density at radius 3 is 2.73 bits per heavy atom. The van der Waals surface area contributed by atoms with Crippen LogP contribution in [0.5, 0.6) is 0 Å². The van der Waals surface area contributed by atoms with Gasteiger partial charge < -0.3 is 9.47 Å². The molecular weight excluding hydrogens is 140 g/mol. The predicted octanol–water partition coefficient (Wildman–Crippen LogP) is 1.59. The zero-order valence-corrected chi connectivity index (χ0v) is 7.46. The molecule has 3 unspecified atom stereocenters. The van der Waals surface area contributed by atoms with Gasteiger partial charge in [0.25, 0.3) is 0 Å². The average molecular weight is 156 g/mol. The summed E-state index contributed by atoms with van der Waals surface area (Å²) in [7, 11) is 0. The number of rotatable bonds is 1. The Morgan fingerprint density at radius 2 is 2.18 bits per heavy atom. The first-order chi connectivity index (χ1) is 5.12. The van der Waals surface area contributed by atoms with E-state index in [4.69, 9.17) is 9.47 Å². The highest BCUT2D eigenvalue weighted by Crippen LogP contribution is 2.45. The largest absolute Gasteiger partial charge is 0.375 e. The van der Waals surface area contributed by atoms with Gasteiger partial charge in [-0.05, 0) is 12.8 Å². The van der Waals surface area contributed by atoms with E-state index in [1.165, 1.54) is 0 Å². The summed E-state index contributed by atoms with van der Waals surface area (Å²) in [4.78, 5) is 0. The fourth-order valence-corrected chi connectivity index (χ4v) is 1.78. The van der Waals surface area contributed by atoms with Gasteiger partial charge in [0.15, 0.2) is 0 Å². The summed E-state index contributed by atoms with van der Waals surface area (Å²) >= 11 is 0. The predicted molar refractivity (Wildman–Crippen MR) is 42.5 cm³/mol. The Balaban J connectivity index is 1.97. The minimum Gasteiger partial charge on any atom is -0.375 e. The van der Waals surface area contributed by atoms with E-state index in [0.717, 1.165) is 13.0 Å². The molecule has 0 aliphatic carbocycles. The van der Waals surface area contributed by atoms with Crippen molar-refractivity contribution in [2.75, 3.05) is 6.61 Å². The van der Waals surface area contributed by atoms with Crippen LogP contribution in [-0.2, 0) is 9.47 Å². The summed E-state index contributed by atoms with van der Waals surface area (Å²) in [5.74, 6) is 0.622. The molecule has 0 saturated carbocycles. The van der Waals surface area contributed by atoms with Gasteiger partial charge in [0.1, 0.15) is 6.10 Å². The highest BCUT2D eigenvalue weighted by Gasteiger charge is 2.56. The van der Waals surface area contributed by atoms with Crippen LogP contribution in [0.1, 0.15) is 27.2 Å². The molecule has 2 nitrogen and oxygen atoms in total. The van der Waals surface area contributed by atoms with Crippen molar-refractivity contribution in [3.05, 3.63) is 0 Å².